The van der Waals surface area contributed by atoms with Crippen LogP contribution in [0.2, 0.25) is 0 Å². The number of nitrogen functional groups attached to an aromatic ring is 1. The van der Waals surface area contributed by atoms with Gasteiger partial charge in [0.05, 0.1) is 54.5 Å². The minimum Gasteiger partial charge on any atom is -0.497 e. The van der Waals surface area contributed by atoms with E-state index in [0.717, 1.165) is 11.3 Å². The second kappa shape index (κ2) is 20.3. The molecule has 19 heteroatoms. The average Bonchev–Trinajstić information content (AvgIpc) is 3.75. The molecule has 0 saturated carbocycles. The zero-order valence-corrected chi connectivity index (χ0v) is 36.0. The maximum Gasteiger partial charge on any atom is 0.224 e. The van der Waals surface area contributed by atoms with Gasteiger partial charge in [-0.2, -0.15) is 0 Å². The Kier molecular flexibility index (Phi) is 14.5. The van der Waals surface area contributed by atoms with Gasteiger partial charge in [-0.25, -0.2) is 33.4 Å². The Morgan fingerprint density at radius 3 is 2.05 bits per heavy atom. The van der Waals surface area contributed by atoms with E-state index in [9.17, 15) is 19.0 Å². The third-order valence-electron chi connectivity index (χ3n) is 9.35. The van der Waals surface area contributed by atoms with Crippen molar-refractivity contribution in [1.82, 2.24) is 44.9 Å². The molecule has 0 spiro atoms. The summed E-state index contributed by atoms with van der Waals surface area (Å²) in [6.07, 6.45) is 7.15. The predicted octanol–water partition coefficient (Wildman–Crippen LogP) is 7.77. The van der Waals surface area contributed by atoms with E-state index < -0.39 is 17.0 Å². The summed E-state index contributed by atoms with van der Waals surface area (Å²) >= 11 is 0. The van der Waals surface area contributed by atoms with Gasteiger partial charge in [-0.05, 0) is 118 Å². The summed E-state index contributed by atoms with van der Waals surface area (Å²) in [5, 5.41) is 35.6. The highest BCUT2D eigenvalue weighted by Gasteiger charge is 2.19. The lowest BCUT2D eigenvalue weighted by Gasteiger charge is -2.17. The van der Waals surface area contributed by atoms with Crippen LogP contribution in [0.1, 0.15) is 61.7 Å². The van der Waals surface area contributed by atoms with Crippen LogP contribution in [0.4, 0.5) is 20.7 Å². The van der Waals surface area contributed by atoms with Crippen molar-refractivity contribution in [2.24, 2.45) is 5.11 Å². The van der Waals surface area contributed by atoms with Crippen LogP contribution in [-0.4, -0.2) is 62.2 Å². The summed E-state index contributed by atoms with van der Waals surface area (Å²) in [7, 11) is 1.63. The monoisotopic (exact) mass is 878 g/mol. The normalized spacial score (nSPS) is 11.1. The van der Waals surface area contributed by atoms with Gasteiger partial charge >= 0.3 is 0 Å². The molecule has 330 valence electrons. The van der Waals surface area contributed by atoms with Crippen molar-refractivity contribution in [2.45, 2.75) is 58.5 Å². The third-order valence-corrected chi connectivity index (χ3v) is 9.35. The van der Waals surface area contributed by atoms with E-state index in [1.807, 2.05) is 36.4 Å². The number of anilines is 2. The van der Waals surface area contributed by atoms with Gasteiger partial charge in [0.25, 0.3) is 0 Å². The lowest BCUT2D eigenvalue weighted by atomic mass is 10.0. The predicted molar refractivity (Wildman–Crippen MR) is 242 cm³/mol. The largest absolute Gasteiger partial charge is 0.497 e. The Balaban J connectivity index is 0.000000171. The van der Waals surface area contributed by atoms with Crippen LogP contribution in [-0.2, 0) is 30.8 Å². The van der Waals surface area contributed by atoms with Crippen molar-refractivity contribution in [3.63, 3.8) is 0 Å². The Morgan fingerprint density at radius 1 is 0.815 bits per heavy atom. The molecule has 0 aliphatic heterocycles. The summed E-state index contributed by atoms with van der Waals surface area (Å²) in [6.45, 7) is 7.77. The van der Waals surface area contributed by atoms with Gasteiger partial charge in [0.2, 0.25) is 11.9 Å². The maximum absolute atomic E-state index is 13.7. The quantitative estimate of drug-likeness (QED) is 0.0420. The lowest BCUT2D eigenvalue weighted by molar-refractivity contribution is 0.0731. The molecule has 0 saturated heterocycles. The number of nitrogens with zero attached hydrogens (tertiary/aromatic N) is 12. The summed E-state index contributed by atoms with van der Waals surface area (Å²) in [5.41, 5.74) is 17.8. The Labute approximate surface area is 372 Å². The first-order chi connectivity index (χ1) is 31.0. The molecular formula is C46H44F2N14O3. The topological polar surface area (TPSA) is 245 Å². The number of terminal acetylenes is 1. The van der Waals surface area contributed by atoms with Gasteiger partial charge < -0.3 is 26.0 Å². The molecule has 0 aliphatic rings. The maximum atomic E-state index is 13.7. The number of fused-ring (bicyclic) bond motifs is 2. The smallest absolute Gasteiger partial charge is 0.224 e. The zero-order valence-electron chi connectivity index (χ0n) is 36.0. The highest BCUT2D eigenvalue weighted by Crippen LogP contribution is 2.27. The van der Waals surface area contributed by atoms with Crippen LogP contribution < -0.4 is 15.8 Å². The number of rotatable bonds is 11. The molecule has 0 unspecified atom stereocenters. The van der Waals surface area contributed by atoms with Crippen LogP contribution in [0.15, 0.2) is 108 Å². The number of nitrogens with one attached hydrogen (secondary N) is 1. The van der Waals surface area contributed by atoms with Gasteiger partial charge in [-0.15, -0.1) is 11.5 Å². The highest BCUT2D eigenvalue weighted by molar-refractivity contribution is 5.92. The van der Waals surface area contributed by atoms with Crippen LogP contribution in [0.25, 0.3) is 43.6 Å². The van der Waals surface area contributed by atoms with Crippen LogP contribution in [0, 0.1) is 24.0 Å². The third kappa shape index (κ3) is 12.5. The van der Waals surface area contributed by atoms with Gasteiger partial charge in [0.1, 0.15) is 45.7 Å². The van der Waals surface area contributed by atoms with Crippen LogP contribution in [0.5, 0.6) is 5.75 Å². The van der Waals surface area contributed by atoms with E-state index in [-0.39, 0.29) is 18.3 Å². The molecule has 8 aromatic rings. The van der Waals surface area contributed by atoms with Crippen molar-refractivity contribution >= 4 is 33.7 Å². The van der Waals surface area contributed by atoms with Gasteiger partial charge in [0.15, 0.2) is 0 Å². The van der Waals surface area contributed by atoms with E-state index in [4.69, 9.17) is 22.4 Å². The Hall–Kier alpha value is -8.17. The standard InChI is InChI=1S/C19H18FN7O.C18H14FN3O.C9H12N4O/c1-19(2,28)16-5-3-4-12(22-16)9-27-10-15(25-26-27)17-13-8-11(20)6-7-14(13)23-18(21)24-17;1-3-16-15-10-13(19)6-9-17(15)22-18(21-16)20-11-12-4-7-14(23-2)8-5-12;1-9(2,14)8-5-3-4-7(12-8)6-11-13-10/h3-8,10,28H,9H2,1-2H3,(H2,21,23,24);1,4-10H,11H2,2H3,(H,20,21,22);3-5,14H,6H2,1-2H3. The highest BCUT2D eigenvalue weighted by atomic mass is 19.1. The number of pyridine rings is 2. The van der Waals surface area contributed by atoms with Gasteiger partial charge in [-0.1, -0.05) is 34.6 Å². The van der Waals surface area contributed by atoms with Gasteiger partial charge in [-0.3, -0.25) is 9.97 Å². The van der Waals surface area contributed by atoms with Crippen molar-refractivity contribution in [2.75, 3.05) is 18.2 Å². The number of benzene rings is 3. The molecule has 5 aromatic heterocycles. The molecule has 0 radical (unpaired) electrons. The van der Waals surface area contributed by atoms with Crippen molar-refractivity contribution in [3.05, 3.63) is 159 Å². The number of hydrogen-bond donors (Lipinski definition) is 4. The van der Waals surface area contributed by atoms with E-state index in [1.54, 1.807) is 82.1 Å². The van der Waals surface area contributed by atoms with E-state index in [2.05, 4.69) is 61.5 Å². The Bertz CT molecular complexity index is 3030. The average molecular weight is 879 g/mol. The summed E-state index contributed by atoms with van der Waals surface area (Å²) in [5.74, 6) is 2.99. The number of halogens is 2. The first kappa shape index (κ1) is 46.3. The molecular weight excluding hydrogens is 835 g/mol. The molecule has 5 N–H and O–H groups in total. The number of aliphatic hydroxyl groups is 2. The second-order valence-corrected chi connectivity index (χ2v) is 15.3. The van der Waals surface area contributed by atoms with E-state index in [1.165, 1.54) is 24.3 Å². The molecule has 65 heavy (non-hydrogen) atoms. The number of ether oxygens (including phenoxy) is 1. The molecule has 5 heterocycles. The first-order valence-electron chi connectivity index (χ1n) is 19.9. The summed E-state index contributed by atoms with van der Waals surface area (Å²) in [6, 6.07) is 26.9. The second-order valence-electron chi connectivity index (χ2n) is 15.3. The van der Waals surface area contributed by atoms with Crippen molar-refractivity contribution in [1.29, 1.82) is 0 Å². The van der Waals surface area contributed by atoms with Crippen LogP contribution >= 0.6 is 0 Å². The molecule has 0 bridgehead atoms. The summed E-state index contributed by atoms with van der Waals surface area (Å²) in [4.78, 5) is 28.2. The number of aromatic nitrogens is 9. The lowest BCUT2D eigenvalue weighted by Crippen LogP contribution is -2.18. The molecule has 0 aliphatic carbocycles. The van der Waals surface area contributed by atoms with Crippen LogP contribution in [0.3, 0.4) is 0 Å². The first-order valence-corrected chi connectivity index (χ1v) is 19.9. The van der Waals surface area contributed by atoms with E-state index >= 15 is 0 Å². The summed E-state index contributed by atoms with van der Waals surface area (Å²) < 4.78 is 33.8. The van der Waals surface area contributed by atoms with Crippen molar-refractivity contribution < 1.29 is 23.7 Å². The van der Waals surface area contributed by atoms with Gasteiger partial charge in [0, 0.05) is 27.9 Å². The number of hydrogen-bond acceptors (Lipinski definition) is 14. The molecule has 0 amide bonds. The molecule has 17 nitrogen and oxygen atoms in total. The fraction of sp³-hybridized carbons (Fsp3) is 0.217. The van der Waals surface area contributed by atoms with Crippen molar-refractivity contribution in [3.8, 4) is 29.5 Å². The minimum absolute atomic E-state index is 0.0724. The molecule has 0 fully saturated rings. The fourth-order valence-corrected chi connectivity index (χ4v) is 6.10. The van der Waals surface area contributed by atoms with E-state index in [0.29, 0.717) is 80.7 Å². The SMILES string of the molecule is C#Cc1nc(NCc2ccc(OC)cc2)nc2ccc(F)cc12.CC(C)(O)c1cccc(CN=[N+]=[N-])n1.CC(C)(O)c1cccc(Cn2cc(-c3nc(N)nc4ccc(F)cc34)nn2)n1. The zero-order chi connectivity index (χ0) is 46.7. The molecule has 8 rings (SSSR count). The number of methoxy groups -OCH3 is 1. The fourth-order valence-electron chi connectivity index (χ4n) is 6.10. The minimum atomic E-state index is -1.04. The number of azide groups is 1. The Morgan fingerprint density at radius 2 is 1.43 bits per heavy atom. The molecule has 3 aromatic carbocycles. The number of nitrogens with two attached hydrogens (primary N) is 1. The molecule has 0 atom stereocenters.